The lowest BCUT2D eigenvalue weighted by Gasteiger charge is -2.12. The number of hydrogen-bond acceptors (Lipinski definition) is 4. The van der Waals surface area contributed by atoms with E-state index in [1.165, 1.54) is 11.1 Å². The molecule has 142 valence electrons. The molecule has 6 nitrogen and oxygen atoms in total. The number of pyridine rings is 1. The zero-order valence-corrected chi connectivity index (χ0v) is 17.8. The Morgan fingerprint density at radius 2 is 1.85 bits per heavy atom. The summed E-state index contributed by atoms with van der Waals surface area (Å²) in [6.45, 7) is 4.50. The fourth-order valence-corrected chi connectivity index (χ4v) is 2.24. The predicted octanol–water partition coefficient (Wildman–Crippen LogP) is 2.90. The monoisotopic (exact) mass is 470 g/mol. The first-order valence-corrected chi connectivity index (χ1v) is 8.28. The second-order valence-corrected chi connectivity index (χ2v) is 5.61. The molecule has 0 aliphatic rings. The van der Waals surface area contributed by atoms with Gasteiger partial charge in [-0.3, -0.25) is 4.99 Å². The number of benzene rings is 1. The van der Waals surface area contributed by atoms with E-state index in [2.05, 4.69) is 51.8 Å². The van der Waals surface area contributed by atoms with Crippen LogP contribution in [0.25, 0.3) is 0 Å². The smallest absolute Gasteiger partial charge is 0.213 e. The van der Waals surface area contributed by atoms with Crippen molar-refractivity contribution in [1.82, 2.24) is 15.6 Å². The van der Waals surface area contributed by atoms with Gasteiger partial charge in [0.05, 0.1) is 6.61 Å². The molecule has 0 amide bonds. The summed E-state index contributed by atoms with van der Waals surface area (Å²) in [5.74, 6) is 1.35. The van der Waals surface area contributed by atoms with Crippen LogP contribution in [0.1, 0.15) is 16.7 Å². The number of hydrogen-bond donors (Lipinski definition) is 2. The van der Waals surface area contributed by atoms with E-state index in [1.807, 2.05) is 12.1 Å². The Labute approximate surface area is 172 Å². The molecule has 0 aliphatic heterocycles. The molecule has 1 aromatic heterocycles. The van der Waals surface area contributed by atoms with Gasteiger partial charge in [0.15, 0.2) is 5.96 Å². The molecular formula is C19H27IN4O2. The SMILES string of the molecule is CN=C(NCc1ccc(OCCOC)nc1)NCc1cccc(C)c1.I. The van der Waals surface area contributed by atoms with Crippen molar-refractivity contribution >= 4 is 29.9 Å². The minimum atomic E-state index is 0. The van der Waals surface area contributed by atoms with Gasteiger partial charge in [0.1, 0.15) is 6.61 Å². The Balaban J connectivity index is 0.00000338. The minimum Gasteiger partial charge on any atom is -0.475 e. The summed E-state index contributed by atoms with van der Waals surface area (Å²) in [4.78, 5) is 8.52. The van der Waals surface area contributed by atoms with Crippen molar-refractivity contribution in [1.29, 1.82) is 0 Å². The van der Waals surface area contributed by atoms with E-state index in [-0.39, 0.29) is 24.0 Å². The summed E-state index contributed by atoms with van der Waals surface area (Å²) in [6.07, 6.45) is 1.79. The lowest BCUT2D eigenvalue weighted by Crippen LogP contribution is -2.36. The highest BCUT2D eigenvalue weighted by Crippen LogP contribution is 2.07. The maximum absolute atomic E-state index is 5.45. The van der Waals surface area contributed by atoms with Crippen LogP contribution in [0.15, 0.2) is 47.6 Å². The molecule has 1 heterocycles. The fourth-order valence-electron chi connectivity index (χ4n) is 2.24. The zero-order chi connectivity index (χ0) is 17.9. The molecule has 0 atom stereocenters. The minimum absolute atomic E-state index is 0. The average molecular weight is 470 g/mol. The molecular weight excluding hydrogens is 443 g/mol. The Morgan fingerprint density at radius 3 is 2.46 bits per heavy atom. The average Bonchev–Trinajstić information content (AvgIpc) is 2.63. The van der Waals surface area contributed by atoms with E-state index in [0.717, 1.165) is 18.1 Å². The van der Waals surface area contributed by atoms with Gasteiger partial charge in [0.2, 0.25) is 5.88 Å². The normalized spacial score (nSPS) is 10.8. The van der Waals surface area contributed by atoms with Crippen molar-refractivity contribution < 1.29 is 9.47 Å². The van der Waals surface area contributed by atoms with Crippen LogP contribution in [0, 0.1) is 6.92 Å². The third-order valence-corrected chi connectivity index (χ3v) is 3.56. The molecule has 0 spiro atoms. The van der Waals surface area contributed by atoms with Crippen LogP contribution in [0.2, 0.25) is 0 Å². The van der Waals surface area contributed by atoms with Gasteiger partial charge in [-0.25, -0.2) is 4.98 Å². The van der Waals surface area contributed by atoms with Crippen molar-refractivity contribution in [2.24, 2.45) is 4.99 Å². The first-order chi connectivity index (χ1) is 12.2. The molecule has 0 aliphatic carbocycles. The van der Waals surface area contributed by atoms with Gasteiger partial charge < -0.3 is 20.1 Å². The Bertz CT molecular complexity index is 677. The fraction of sp³-hybridized carbons (Fsp3) is 0.368. The number of guanidine groups is 1. The van der Waals surface area contributed by atoms with Gasteiger partial charge in [0, 0.05) is 39.5 Å². The van der Waals surface area contributed by atoms with E-state index < -0.39 is 0 Å². The van der Waals surface area contributed by atoms with Gasteiger partial charge >= 0.3 is 0 Å². The van der Waals surface area contributed by atoms with Crippen LogP contribution in [-0.2, 0) is 17.8 Å². The Kier molecular flexibility index (Phi) is 10.6. The van der Waals surface area contributed by atoms with Crippen LogP contribution in [0.3, 0.4) is 0 Å². The third kappa shape index (κ3) is 8.01. The second-order valence-electron chi connectivity index (χ2n) is 5.61. The lowest BCUT2D eigenvalue weighted by atomic mass is 10.1. The first-order valence-electron chi connectivity index (χ1n) is 8.28. The predicted molar refractivity (Wildman–Crippen MR) is 115 cm³/mol. The van der Waals surface area contributed by atoms with Crippen LogP contribution in [-0.4, -0.2) is 38.3 Å². The van der Waals surface area contributed by atoms with Gasteiger partial charge in [0.25, 0.3) is 0 Å². The molecule has 7 heteroatoms. The van der Waals surface area contributed by atoms with Gasteiger partial charge in [-0.2, -0.15) is 0 Å². The molecule has 0 bridgehead atoms. The second kappa shape index (κ2) is 12.5. The Hall–Kier alpha value is -1.87. The number of methoxy groups -OCH3 is 1. The molecule has 2 rings (SSSR count). The molecule has 0 fully saturated rings. The van der Waals surface area contributed by atoms with E-state index in [4.69, 9.17) is 9.47 Å². The van der Waals surface area contributed by atoms with Crippen LogP contribution in [0.5, 0.6) is 5.88 Å². The van der Waals surface area contributed by atoms with Crippen LogP contribution >= 0.6 is 24.0 Å². The number of aliphatic imine (C=N–C) groups is 1. The summed E-state index contributed by atoms with van der Waals surface area (Å²) >= 11 is 0. The lowest BCUT2D eigenvalue weighted by molar-refractivity contribution is 0.143. The molecule has 2 aromatic rings. The van der Waals surface area contributed by atoms with Crippen molar-refractivity contribution in [2.75, 3.05) is 27.4 Å². The van der Waals surface area contributed by atoms with E-state index in [9.17, 15) is 0 Å². The molecule has 26 heavy (non-hydrogen) atoms. The van der Waals surface area contributed by atoms with Crippen molar-refractivity contribution in [3.05, 3.63) is 59.3 Å². The first kappa shape index (κ1) is 22.2. The van der Waals surface area contributed by atoms with Crippen molar-refractivity contribution in [3.63, 3.8) is 0 Å². The summed E-state index contributed by atoms with van der Waals surface area (Å²) in [5.41, 5.74) is 3.53. The highest BCUT2D eigenvalue weighted by Gasteiger charge is 2.01. The number of ether oxygens (including phenoxy) is 2. The third-order valence-electron chi connectivity index (χ3n) is 3.56. The summed E-state index contributed by atoms with van der Waals surface area (Å²) in [6, 6.07) is 12.2. The number of aromatic nitrogens is 1. The van der Waals surface area contributed by atoms with E-state index in [1.54, 1.807) is 20.4 Å². The maximum Gasteiger partial charge on any atom is 0.213 e. The molecule has 0 saturated carbocycles. The number of aryl methyl sites for hydroxylation is 1. The van der Waals surface area contributed by atoms with Crippen LogP contribution in [0.4, 0.5) is 0 Å². The number of nitrogens with zero attached hydrogens (tertiary/aromatic N) is 2. The highest BCUT2D eigenvalue weighted by atomic mass is 127. The summed E-state index contributed by atoms with van der Waals surface area (Å²) in [7, 11) is 3.40. The van der Waals surface area contributed by atoms with Crippen LogP contribution < -0.4 is 15.4 Å². The zero-order valence-electron chi connectivity index (χ0n) is 15.5. The quantitative estimate of drug-likeness (QED) is 0.269. The number of rotatable bonds is 8. The molecule has 2 N–H and O–H groups in total. The number of halogens is 1. The van der Waals surface area contributed by atoms with Gasteiger partial charge in [-0.05, 0) is 18.1 Å². The molecule has 0 radical (unpaired) electrons. The van der Waals surface area contributed by atoms with Crippen molar-refractivity contribution in [3.8, 4) is 5.88 Å². The van der Waals surface area contributed by atoms with E-state index in [0.29, 0.717) is 25.6 Å². The highest BCUT2D eigenvalue weighted by molar-refractivity contribution is 14.0. The van der Waals surface area contributed by atoms with E-state index >= 15 is 0 Å². The maximum atomic E-state index is 5.45. The standard InChI is InChI=1S/C19H26N4O2.HI/c1-15-5-4-6-16(11-15)12-22-19(20-2)23-14-17-7-8-18(21-13-17)25-10-9-24-3;/h4-8,11,13H,9-10,12,14H2,1-3H3,(H2,20,22,23);1H. The molecule has 1 aromatic carbocycles. The topological polar surface area (TPSA) is 67.8 Å². The Morgan fingerprint density at radius 1 is 1.08 bits per heavy atom. The molecule has 0 saturated heterocycles. The molecule has 0 unspecified atom stereocenters. The summed E-state index contributed by atoms with van der Waals surface area (Å²) in [5, 5.41) is 6.59. The summed E-state index contributed by atoms with van der Waals surface area (Å²) < 4.78 is 10.4. The van der Waals surface area contributed by atoms with Crippen molar-refractivity contribution in [2.45, 2.75) is 20.0 Å². The van der Waals surface area contributed by atoms with Gasteiger partial charge in [-0.1, -0.05) is 35.9 Å². The number of nitrogens with one attached hydrogen (secondary N) is 2. The van der Waals surface area contributed by atoms with Gasteiger partial charge in [-0.15, -0.1) is 24.0 Å². The largest absolute Gasteiger partial charge is 0.475 e.